The van der Waals surface area contributed by atoms with Crippen molar-refractivity contribution in [2.24, 2.45) is 4.99 Å². The van der Waals surface area contributed by atoms with Crippen LogP contribution in [0.2, 0.25) is 0 Å². The molecule has 1 atom stereocenters. The van der Waals surface area contributed by atoms with Crippen molar-refractivity contribution in [3.63, 3.8) is 0 Å². The van der Waals surface area contributed by atoms with Crippen molar-refractivity contribution in [3.05, 3.63) is 6.54 Å². The lowest BCUT2D eigenvalue weighted by atomic mass is 10.5. The van der Waals surface area contributed by atoms with Gasteiger partial charge in [-0.05, 0) is 0 Å². The van der Waals surface area contributed by atoms with Crippen molar-refractivity contribution in [1.29, 1.82) is 5.26 Å². The quantitative estimate of drug-likeness (QED) is 0.464. The third-order valence-electron chi connectivity index (χ3n) is 0.617. The van der Waals surface area contributed by atoms with Crippen molar-refractivity contribution in [2.45, 2.75) is 5.25 Å². The molecule has 1 unspecified atom stereocenters. The van der Waals surface area contributed by atoms with Gasteiger partial charge in [0, 0.05) is 0 Å². The second kappa shape index (κ2) is 1.99. The number of rotatable bonds is 0. The van der Waals surface area contributed by atoms with Gasteiger partial charge < -0.3 is 0 Å². The van der Waals surface area contributed by atoms with Gasteiger partial charge in [0.05, 0.1) is 11.6 Å². The molecule has 1 aliphatic rings. The predicted octanol–water partition coefficient (Wildman–Crippen LogP) is 0.815. The van der Waals surface area contributed by atoms with E-state index < -0.39 is 0 Å². The molecule has 1 rings (SSSR count). The fourth-order valence-electron chi connectivity index (χ4n) is 0.313. The minimum atomic E-state index is -0.0278. The molecule has 7 heavy (non-hydrogen) atoms. The SMILES string of the molecule is N#CC1[CH]N=CS1. The van der Waals surface area contributed by atoms with Crippen molar-refractivity contribution in [2.75, 3.05) is 0 Å². The van der Waals surface area contributed by atoms with Gasteiger partial charge in [-0.1, -0.05) is 11.8 Å². The molecule has 0 N–H and O–H groups in total. The van der Waals surface area contributed by atoms with E-state index in [2.05, 4.69) is 4.99 Å². The van der Waals surface area contributed by atoms with Gasteiger partial charge in [-0.3, -0.25) is 4.99 Å². The zero-order valence-corrected chi connectivity index (χ0v) is 4.35. The summed E-state index contributed by atoms with van der Waals surface area (Å²) in [5, 5.41) is 8.16. The van der Waals surface area contributed by atoms with Crippen LogP contribution in [0.25, 0.3) is 0 Å². The standard InChI is InChI=1S/C4H3N2S/c5-1-4-2-6-3-7-4/h2-4H. The van der Waals surface area contributed by atoms with Crippen LogP contribution in [0.15, 0.2) is 4.99 Å². The summed E-state index contributed by atoms with van der Waals surface area (Å²) in [5.41, 5.74) is 1.67. The van der Waals surface area contributed by atoms with Crippen LogP contribution in [0.1, 0.15) is 0 Å². The molecule has 0 spiro atoms. The lowest BCUT2D eigenvalue weighted by molar-refractivity contribution is 1.21. The number of nitriles is 1. The summed E-state index contributed by atoms with van der Waals surface area (Å²) in [6.45, 7) is 1.63. The molecule has 1 aliphatic heterocycles. The molecule has 0 fully saturated rings. The molecular weight excluding hydrogens is 108 g/mol. The predicted molar refractivity (Wildman–Crippen MR) is 29.8 cm³/mol. The van der Waals surface area contributed by atoms with Crippen molar-refractivity contribution >= 4 is 17.3 Å². The zero-order valence-electron chi connectivity index (χ0n) is 3.53. The second-order valence-electron chi connectivity index (χ2n) is 1.09. The third kappa shape index (κ3) is 0.937. The molecule has 0 saturated heterocycles. The van der Waals surface area contributed by atoms with Crippen LogP contribution in [-0.2, 0) is 0 Å². The minimum absolute atomic E-state index is 0.0278. The van der Waals surface area contributed by atoms with Crippen LogP contribution >= 0.6 is 11.8 Å². The summed E-state index contributed by atoms with van der Waals surface area (Å²) in [5.74, 6) is 0. The van der Waals surface area contributed by atoms with Crippen molar-refractivity contribution in [1.82, 2.24) is 0 Å². The second-order valence-corrected chi connectivity index (χ2v) is 2.08. The van der Waals surface area contributed by atoms with Gasteiger partial charge in [0.2, 0.25) is 0 Å². The maximum absolute atomic E-state index is 8.18. The van der Waals surface area contributed by atoms with E-state index in [1.165, 1.54) is 11.8 Å². The van der Waals surface area contributed by atoms with Gasteiger partial charge in [-0.2, -0.15) is 5.26 Å². The maximum atomic E-state index is 8.18. The van der Waals surface area contributed by atoms with E-state index in [4.69, 9.17) is 5.26 Å². The van der Waals surface area contributed by atoms with Gasteiger partial charge in [-0.15, -0.1) is 0 Å². The summed E-state index contributed by atoms with van der Waals surface area (Å²) in [7, 11) is 0. The molecule has 0 aliphatic carbocycles. The molecule has 3 heteroatoms. The number of thioether (sulfide) groups is 1. The van der Waals surface area contributed by atoms with E-state index in [1.54, 1.807) is 12.1 Å². The summed E-state index contributed by atoms with van der Waals surface area (Å²) < 4.78 is 0. The van der Waals surface area contributed by atoms with Gasteiger partial charge in [0.15, 0.2) is 0 Å². The molecule has 1 heterocycles. The van der Waals surface area contributed by atoms with Gasteiger partial charge >= 0.3 is 0 Å². The minimum Gasteiger partial charge on any atom is -0.278 e. The van der Waals surface area contributed by atoms with E-state index >= 15 is 0 Å². The highest BCUT2D eigenvalue weighted by Crippen LogP contribution is 2.16. The average molecular weight is 111 g/mol. The highest BCUT2D eigenvalue weighted by Gasteiger charge is 2.09. The lowest BCUT2D eigenvalue weighted by Gasteiger charge is -1.85. The Morgan fingerprint density at radius 2 is 2.71 bits per heavy atom. The van der Waals surface area contributed by atoms with Gasteiger partial charge in [-0.25, -0.2) is 0 Å². The van der Waals surface area contributed by atoms with E-state index in [0.717, 1.165) is 0 Å². The molecule has 2 nitrogen and oxygen atoms in total. The first-order valence-corrected chi connectivity index (χ1v) is 2.78. The first-order valence-electron chi connectivity index (χ1n) is 1.83. The fourth-order valence-corrected chi connectivity index (χ4v) is 0.786. The lowest BCUT2D eigenvalue weighted by Crippen LogP contribution is -1.89. The van der Waals surface area contributed by atoms with Crippen LogP contribution in [0, 0.1) is 17.9 Å². The highest BCUT2D eigenvalue weighted by atomic mass is 32.2. The van der Waals surface area contributed by atoms with E-state index in [-0.39, 0.29) is 5.25 Å². The number of nitrogens with zero attached hydrogens (tertiary/aromatic N) is 2. The van der Waals surface area contributed by atoms with E-state index in [9.17, 15) is 0 Å². The maximum Gasteiger partial charge on any atom is 0.122 e. The highest BCUT2D eigenvalue weighted by molar-refractivity contribution is 8.13. The Balaban J connectivity index is 2.39. The van der Waals surface area contributed by atoms with E-state index in [1.807, 2.05) is 6.07 Å². The number of hydrogen-bond donors (Lipinski definition) is 0. The molecular formula is C4H3N2S. The fraction of sp³-hybridized carbons (Fsp3) is 0.250. The Labute approximate surface area is 46.2 Å². The monoisotopic (exact) mass is 111 g/mol. The Kier molecular flexibility index (Phi) is 1.32. The van der Waals surface area contributed by atoms with Crippen LogP contribution in [0.4, 0.5) is 0 Å². The molecule has 35 valence electrons. The summed E-state index contributed by atoms with van der Waals surface area (Å²) in [6, 6.07) is 2.05. The molecule has 1 radical (unpaired) electrons. The molecule has 0 aromatic heterocycles. The summed E-state index contributed by atoms with van der Waals surface area (Å²) in [6.07, 6.45) is 0. The third-order valence-corrected chi connectivity index (χ3v) is 1.38. The molecule has 0 bridgehead atoms. The van der Waals surface area contributed by atoms with Gasteiger partial charge in [0.1, 0.15) is 11.8 Å². The first kappa shape index (κ1) is 4.66. The Morgan fingerprint density at radius 3 is 3.00 bits per heavy atom. The summed E-state index contributed by atoms with van der Waals surface area (Å²) >= 11 is 1.43. The topological polar surface area (TPSA) is 36.1 Å². The van der Waals surface area contributed by atoms with Crippen LogP contribution < -0.4 is 0 Å². The summed E-state index contributed by atoms with van der Waals surface area (Å²) in [4.78, 5) is 3.73. The van der Waals surface area contributed by atoms with Crippen molar-refractivity contribution < 1.29 is 0 Å². The molecule has 0 aromatic rings. The normalized spacial score (nSPS) is 27.6. The number of hydrogen-bond acceptors (Lipinski definition) is 3. The Morgan fingerprint density at radius 1 is 1.86 bits per heavy atom. The Bertz CT molecular complexity index is 116. The van der Waals surface area contributed by atoms with Crippen LogP contribution in [0.5, 0.6) is 0 Å². The zero-order chi connectivity index (χ0) is 5.11. The van der Waals surface area contributed by atoms with E-state index in [0.29, 0.717) is 0 Å². The Hall–Kier alpha value is -0.490. The smallest absolute Gasteiger partial charge is 0.122 e. The van der Waals surface area contributed by atoms with Crippen LogP contribution in [-0.4, -0.2) is 10.8 Å². The molecule has 0 amide bonds. The average Bonchev–Trinajstić information content (AvgIpc) is 2.14. The van der Waals surface area contributed by atoms with Crippen molar-refractivity contribution in [3.8, 4) is 6.07 Å². The first-order chi connectivity index (χ1) is 3.43. The van der Waals surface area contributed by atoms with Crippen LogP contribution in [0.3, 0.4) is 0 Å². The number of aliphatic imine (C=N–C) groups is 1. The van der Waals surface area contributed by atoms with Gasteiger partial charge in [0.25, 0.3) is 0 Å². The molecule has 0 saturated carbocycles. The largest absolute Gasteiger partial charge is 0.278 e. The molecule has 0 aromatic carbocycles.